The molecule has 0 saturated carbocycles. The van der Waals surface area contributed by atoms with Crippen LogP contribution in [0.4, 0.5) is 5.69 Å². The van der Waals surface area contributed by atoms with Crippen molar-refractivity contribution in [2.75, 3.05) is 45.3 Å². The van der Waals surface area contributed by atoms with E-state index < -0.39 is 21.6 Å². The van der Waals surface area contributed by atoms with E-state index in [1.165, 1.54) is 25.3 Å². The van der Waals surface area contributed by atoms with Crippen molar-refractivity contribution in [2.45, 2.75) is 4.90 Å². The van der Waals surface area contributed by atoms with E-state index in [4.69, 9.17) is 9.47 Å². The average molecular weight is 549 g/mol. The van der Waals surface area contributed by atoms with Crippen LogP contribution in [0.2, 0.25) is 0 Å². The third-order valence-electron chi connectivity index (χ3n) is 6.68. The predicted octanol–water partition coefficient (Wildman–Crippen LogP) is 2.86. The summed E-state index contributed by atoms with van der Waals surface area (Å²) in [6, 6.07) is 22.0. The Balaban J connectivity index is 1.51. The van der Waals surface area contributed by atoms with Gasteiger partial charge in [-0.2, -0.15) is 3.97 Å². The number of hydrogen-bond acceptors (Lipinski definition) is 7. The van der Waals surface area contributed by atoms with Gasteiger partial charge in [0.1, 0.15) is 17.2 Å². The Morgan fingerprint density at radius 3 is 2.21 bits per heavy atom. The van der Waals surface area contributed by atoms with Crippen LogP contribution in [0, 0.1) is 0 Å². The SMILES string of the molecule is COc1cccc(S(=O)(=O)n2cc(C(=O)N3CCN(c4ccccc4OC)CC3)n(-c3ccccc3)c2=O)c1. The highest BCUT2D eigenvalue weighted by molar-refractivity contribution is 7.90. The molecule has 2 heterocycles. The van der Waals surface area contributed by atoms with Crippen LogP contribution in [0.1, 0.15) is 10.5 Å². The fraction of sp³-hybridized carbons (Fsp3) is 0.214. The lowest BCUT2D eigenvalue weighted by molar-refractivity contribution is 0.0738. The number of ether oxygens (including phenoxy) is 2. The van der Waals surface area contributed by atoms with E-state index in [9.17, 15) is 18.0 Å². The molecule has 39 heavy (non-hydrogen) atoms. The van der Waals surface area contributed by atoms with Crippen molar-refractivity contribution >= 4 is 21.6 Å². The Hall–Kier alpha value is -4.51. The Bertz CT molecular complexity index is 1650. The maximum absolute atomic E-state index is 13.8. The Labute approximate surface area is 226 Å². The molecule has 3 aromatic carbocycles. The first kappa shape index (κ1) is 26.1. The lowest BCUT2D eigenvalue weighted by Crippen LogP contribution is -2.49. The van der Waals surface area contributed by atoms with Crippen LogP contribution in [0.3, 0.4) is 0 Å². The molecular formula is C28H28N4O6S. The molecule has 0 spiro atoms. The van der Waals surface area contributed by atoms with Gasteiger partial charge in [0.05, 0.1) is 36.7 Å². The van der Waals surface area contributed by atoms with Crippen LogP contribution in [0.15, 0.2) is 94.7 Å². The zero-order valence-electron chi connectivity index (χ0n) is 21.6. The van der Waals surface area contributed by atoms with Gasteiger partial charge in [0.15, 0.2) is 0 Å². The number of aromatic nitrogens is 2. The molecule has 0 atom stereocenters. The molecule has 0 aliphatic carbocycles. The van der Waals surface area contributed by atoms with E-state index in [1.54, 1.807) is 48.4 Å². The van der Waals surface area contributed by atoms with Gasteiger partial charge < -0.3 is 19.3 Å². The van der Waals surface area contributed by atoms with Gasteiger partial charge in [-0.3, -0.25) is 9.36 Å². The zero-order chi connectivity index (χ0) is 27.6. The van der Waals surface area contributed by atoms with Gasteiger partial charge in [0.25, 0.3) is 15.9 Å². The predicted molar refractivity (Wildman–Crippen MR) is 147 cm³/mol. The summed E-state index contributed by atoms with van der Waals surface area (Å²) in [7, 11) is -1.28. The summed E-state index contributed by atoms with van der Waals surface area (Å²) in [4.78, 5) is 31.0. The molecule has 0 bridgehead atoms. The number of carbonyl (C=O) groups is 1. The number of benzene rings is 3. The minimum Gasteiger partial charge on any atom is -0.497 e. The van der Waals surface area contributed by atoms with Gasteiger partial charge in [-0.05, 0) is 36.4 Å². The molecule has 202 valence electrons. The fourth-order valence-electron chi connectivity index (χ4n) is 4.65. The molecule has 1 aliphatic heterocycles. The quantitative estimate of drug-likeness (QED) is 0.350. The van der Waals surface area contributed by atoms with E-state index >= 15 is 0 Å². The number of piperazine rings is 1. The monoisotopic (exact) mass is 548 g/mol. The van der Waals surface area contributed by atoms with E-state index in [2.05, 4.69) is 4.90 Å². The van der Waals surface area contributed by atoms with Gasteiger partial charge in [0, 0.05) is 32.2 Å². The number of hydrogen-bond donors (Lipinski definition) is 0. The molecule has 0 N–H and O–H groups in total. The van der Waals surface area contributed by atoms with Crippen molar-refractivity contribution in [1.82, 2.24) is 13.4 Å². The number of rotatable bonds is 7. The molecule has 1 aliphatic rings. The molecule has 0 unspecified atom stereocenters. The molecule has 11 heteroatoms. The first-order valence-corrected chi connectivity index (χ1v) is 13.8. The third kappa shape index (κ3) is 4.88. The Morgan fingerprint density at radius 2 is 1.51 bits per heavy atom. The standard InChI is InChI=1S/C28H28N4O6S/c1-37-22-11-8-12-23(19-22)39(35,36)31-20-25(32(28(31)34)21-9-4-3-5-10-21)27(33)30-17-15-29(16-18-30)24-13-6-7-14-26(24)38-2/h3-14,19-20H,15-18H2,1-2H3. The number of anilines is 1. The van der Waals surface area contributed by atoms with Crippen LogP contribution >= 0.6 is 0 Å². The van der Waals surface area contributed by atoms with Crippen LogP contribution < -0.4 is 20.1 Å². The van der Waals surface area contributed by atoms with Crippen molar-refractivity contribution in [3.8, 4) is 17.2 Å². The summed E-state index contributed by atoms with van der Waals surface area (Å²) in [5, 5.41) is 0. The van der Waals surface area contributed by atoms with Crippen molar-refractivity contribution in [3.63, 3.8) is 0 Å². The molecule has 1 aromatic heterocycles. The van der Waals surface area contributed by atoms with Gasteiger partial charge >= 0.3 is 5.69 Å². The molecule has 4 aromatic rings. The summed E-state index contributed by atoms with van der Waals surface area (Å²) < 4.78 is 39.5. The zero-order valence-corrected chi connectivity index (χ0v) is 22.4. The van der Waals surface area contributed by atoms with Crippen LogP contribution in [-0.4, -0.2) is 68.2 Å². The maximum Gasteiger partial charge on any atom is 0.347 e. The first-order valence-electron chi connectivity index (χ1n) is 12.3. The molecule has 1 saturated heterocycles. The third-order valence-corrected chi connectivity index (χ3v) is 8.31. The van der Waals surface area contributed by atoms with E-state index in [0.29, 0.717) is 41.6 Å². The number of imidazole rings is 1. The summed E-state index contributed by atoms with van der Waals surface area (Å²) in [5.41, 5.74) is 0.422. The molecule has 1 amide bonds. The summed E-state index contributed by atoms with van der Waals surface area (Å²) >= 11 is 0. The Kier molecular flexibility index (Phi) is 7.16. The smallest absolute Gasteiger partial charge is 0.347 e. The van der Waals surface area contributed by atoms with Gasteiger partial charge in [-0.25, -0.2) is 13.2 Å². The second kappa shape index (κ2) is 10.7. The van der Waals surface area contributed by atoms with Crippen molar-refractivity contribution in [2.24, 2.45) is 0 Å². The van der Waals surface area contributed by atoms with Gasteiger partial charge in [-0.1, -0.05) is 36.4 Å². The maximum atomic E-state index is 13.8. The first-order chi connectivity index (χ1) is 18.8. The summed E-state index contributed by atoms with van der Waals surface area (Å²) in [6.45, 7) is 1.86. The largest absolute Gasteiger partial charge is 0.497 e. The van der Waals surface area contributed by atoms with E-state index in [1.807, 2.05) is 24.3 Å². The second-order valence-electron chi connectivity index (χ2n) is 8.90. The normalized spacial score (nSPS) is 13.8. The number of para-hydroxylation sites is 3. The molecule has 0 radical (unpaired) electrons. The van der Waals surface area contributed by atoms with E-state index in [-0.39, 0.29) is 10.6 Å². The molecule has 1 fully saturated rings. The van der Waals surface area contributed by atoms with E-state index in [0.717, 1.165) is 22.2 Å². The highest BCUT2D eigenvalue weighted by Gasteiger charge is 2.31. The fourth-order valence-corrected chi connectivity index (χ4v) is 5.92. The second-order valence-corrected chi connectivity index (χ2v) is 10.7. The number of amides is 1. The Morgan fingerprint density at radius 1 is 0.821 bits per heavy atom. The molecule has 10 nitrogen and oxygen atoms in total. The van der Waals surface area contributed by atoms with Crippen LogP contribution in [0.25, 0.3) is 5.69 Å². The van der Waals surface area contributed by atoms with Crippen molar-refractivity contribution in [1.29, 1.82) is 0 Å². The summed E-state index contributed by atoms with van der Waals surface area (Å²) in [5.74, 6) is 0.640. The average Bonchev–Trinajstić information content (AvgIpc) is 3.35. The van der Waals surface area contributed by atoms with Crippen molar-refractivity contribution in [3.05, 3.63) is 101 Å². The van der Waals surface area contributed by atoms with Crippen LogP contribution in [-0.2, 0) is 10.0 Å². The number of carbonyl (C=O) groups excluding carboxylic acids is 1. The molecule has 5 rings (SSSR count). The van der Waals surface area contributed by atoms with Gasteiger partial charge in [-0.15, -0.1) is 0 Å². The lowest BCUT2D eigenvalue weighted by atomic mass is 10.2. The topological polar surface area (TPSA) is 103 Å². The van der Waals surface area contributed by atoms with Crippen molar-refractivity contribution < 1.29 is 22.7 Å². The number of methoxy groups -OCH3 is 2. The highest BCUT2D eigenvalue weighted by Crippen LogP contribution is 2.29. The molecular weight excluding hydrogens is 520 g/mol. The minimum absolute atomic E-state index is 0.0385. The summed E-state index contributed by atoms with van der Waals surface area (Å²) in [6.07, 6.45) is 1.11. The minimum atomic E-state index is -4.32. The number of nitrogens with zero attached hydrogens (tertiary/aromatic N) is 4. The highest BCUT2D eigenvalue weighted by atomic mass is 32.2. The lowest BCUT2D eigenvalue weighted by Gasteiger charge is -2.36. The van der Waals surface area contributed by atoms with Crippen LogP contribution in [0.5, 0.6) is 11.5 Å². The van der Waals surface area contributed by atoms with Gasteiger partial charge in [0.2, 0.25) is 0 Å².